The fourth-order valence-electron chi connectivity index (χ4n) is 4.52. The van der Waals surface area contributed by atoms with Crippen molar-refractivity contribution in [2.24, 2.45) is 5.92 Å². The molecule has 4 rings (SSSR count). The molecule has 1 fully saturated rings. The van der Waals surface area contributed by atoms with Gasteiger partial charge in [0, 0.05) is 12.6 Å². The second-order valence-corrected chi connectivity index (χ2v) is 8.52. The number of piperidine rings is 1. The van der Waals surface area contributed by atoms with E-state index in [0.717, 1.165) is 34.4 Å². The SMILES string of the molecule is CC(NCc1ccc(-c2cccc3c(C(=O)O)cccc23)cc1)C1CCN(C)CC1. The summed E-state index contributed by atoms with van der Waals surface area (Å²) < 4.78 is 0. The van der Waals surface area contributed by atoms with E-state index in [0.29, 0.717) is 11.6 Å². The van der Waals surface area contributed by atoms with Gasteiger partial charge in [0.25, 0.3) is 0 Å². The molecule has 30 heavy (non-hydrogen) atoms. The molecular formula is C26H30N2O2. The van der Waals surface area contributed by atoms with Gasteiger partial charge < -0.3 is 15.3 Å². The summed E-state index contributed by atoms with van der Waals surface area (Å²) in [6, 6.07) is 20.5. The number of carboxylic acid groups (broad SMARTS) is 1. The molecule has 3 aromatic rings. The van der Waals surface area contributed by atoms with Crippen LogP contribution in [0.5, 0.6) is 0 Å². The van der Waals surface area contributed by atoms with Crippen molar-refractivity contribution >= 4 is 16.7 Å². The Morgan fingerprint density at radius 3 is 2.40 bits per heavy atom. The summed E-state index contributed by atoms with van der Waals surface area (Å²) in [6.45, 7) is 5.56. The predicted molar refractivity (Wildman–Crippen MR) is 123 cm³/mol. The van der Waals surface area contributed by atoms with Crippen LogP contribution in [-0.4, -0.2) is 42.2 Å². The third-order valence-corrected chi connectivity index (χ3v) is 6.52. The highest BCUT2D eigenvalue weighted by atomic mass is 16.4. The van der Waals surface area contributed by atoms with Crippen molar-refractivity contribution in [1.82, 2.24) is 10.2 Å². The lowest BCUT2D eigenvalue weighted by molar-refractivity contribution is 0.0699. The summed E-state index contributed by atoms with van der Waals surface area (Å²) in [5, 5.41) is 14.9. The summed E-state index contributed by atoms with van der Waals surface area (Å²) in [6.07, 6.45) is 2.53. The standard InChI is InChI=1S/C26H30N2O2/c1-18(20-13-15-28(2)16-14-20)27-17-19-9-11-21(12-10-19)22-5-3-7-24-23(22)6-4-8-25(24)26(29)30/h3-12,18,20,27H,13-17H2,1-2H3,(H,29,30). The summed E-state index contributed by atoms with van der Waals surface area (Å²) in [4.78, 5) is 14.0. The minimum Gasteiger partial charge on any atom is -0.478 e. The van der Waals surface area contributed by atoms with Gasteiger partial charge in [-0.25, -0.2) is 4.79 Å². The zero-order valence-corrected chi connectivity index (χ0v) is 17.8. The number of hydrogen-bond acceptors (Lipinski definition) is 3. The molecule has 1 heterocycles. The minimum atomic E-state index is -0.891. The van der Waals surface area contributed by atoms with Crippen LogP contribution in [0, 0.1) is 5.92 Å². The van der Waals surface area contributed by atoms with E-state index >= 15 is 0 Å². The van der Waals surface area contributed by atoms with Crippen LogP contribution in [0.2, 0.25) is 0 Å². The first-order valence-corrected chi connectivity index (χ1v) is 10.8. The van der Waals surface area contributed by atoms with Crippen molar-refractivity contribution < 1.29 is 9.90 Å². The first-order valence-electron chi connectivity index (χ1n) is 10.8. The van der Waals surface area contributed by atoms with Crippen LogP contribution < -0.4 is 5.32 Å². The molecule has 1 aliphatic heterocycles. The highest BCUT2D eigenvalue weighted by Gasteiger charge is 2.21. The smallest absolute Gasteiger partial charge is 0.336 e. The van der Waals surface area contributed by atoms with E-state index in [9.17, 15) is 9.90 Å². The molecule has 156 valence electrons. The highest BCUT2D eigenvalue weighted by molar-refractivity contribution is 6.08. The van der Waals surface area contributed by atoms with Crippen molar-refractivity contribution in [1.29, 1.82) is 0 Å². The number of carboxylic acids is 1. The number of fused-ring (bicyclic) bond motifs is 1. The molecule has 1 unspecified atom stereocenters. The third kappa shape index (κ3) is 4.40. The molecule has 1 atom stereocenters. The van der Waals surface area contributed by atoms with E-state index in [1.54, 1.807) is 6.07 Å². The molecule has 0 saturated carbocycles. The lowest BCUT2D eigenvalue weighted by atomic mass is 9.90. The topological polar surface area (TPSA) is 52.6 Å². The molecule has 4 nitrogen and oxygen atoms in total. The second kappa shape index (κ2) is 8.99. The molecule has 3 aromatic carbocycles. The molecule has 4 heteroatoms. The van der Waals surface area contributed by atoms with Gasteiger partial charge in [0.05, 0.1) is 5.56 Å². The van der Waals surface area contributed by atoms with Gasteiger partial charge in [-0.2, -0.15) is 0 Å². The van der Waals surface area contributed by atoms with E-state index in [1.165, 1.54) is 31.5 Å². The average molecular weight is 403 g/mol. The van der Waals surface area contributed by atoms with Gasteiger partial charge in [-0.1, -0.05) is 54.6 Å². The van der Waals surface area contributed by atoms with Crippen LogP contribution in [0.1, 0.15) is 35.7 Å². The number of hydrogen-bond donors (Lipinski definition) is 2. The van der Waals surface area contributed by atoms with Gasteiger partial charge in [-0.05, 0) is 79.3 Å². The monoisotopic (exact) mass is 402 g/mol. The van der Waals surface area contributed by atoms with Crippen molar-refractivity contribution in [2.75, 3.05) is 20.1 Å². The molecule has 0 bridgehead atoms. The number of benzene rings is 3. The number of carbonyl (C=O) groups is 1. The maximum Gasteiger partial charge on any atom is 0.336 e. The Bertz CT molecular complexity index is 1020. The Labute approximate surface area is 178 Å². The lowest BCUT2D eigenvalue weighted by Gasteiger charge is -2.33. The minimum absolute atomic E-state index is 0.345. The molecule has 1 aliphatic rings. The first-order chi connectivity index (χ1) is 14.5. The van der Waals surface area contributed by atoms with Crippen molar-refractivity contribution in [3.63, 3.8) is 0 Å². The molecule has 0 aromatic heterocycles. The number of aromatic carboxylic acids is 1. The Morgan fingerprint density at radius 2 is 1.70 bits per heavy atom. The average Bonchev–Trinajstić information content (AvgIpc) is 2.77. The van der Waals surface area contributed by atoms with Crippen LogP contribution >= 0.6 is 0 Å². The Kier molecular flexibility index (Phi) is 6.16. The number of rotatable bonds is 6. The van der Waals surface area contributed by atoms with Crippen LogP contribution in [0.25, 0.3) is 21.9 Å². The van der Waals surface area contributed by atoms with Crippen LogP contribution in [-0.2, 0) is 6.54 Å². The van der Waals surface area contributed by atoms with E-state index in [1.807, 2.05) is 24.3 Å². The van der Waals surface area contributed by atoms with Gasteiger partial charge >= 0.3 is 5.97 Å². The van der Waals surface area contributed by atoms with E-state index in [2.05, 4.69) is 54.5 Å². The fourth-order valence-corrected chi connectivity index (χ4v) is 4.52. The quantitative estimate of drug-likeness (QED) is 0.608. The molecule has 0 radical (unpaired) electrons. The van der Waals surface area contributed by atoms with Crippen molar-refractivity contribution in [2.45, 2.75) is 32.4 Å². The van der Waals surface area contributed by atoms with Gasteiger partial charge in [-0.15, -0.1) is 0 Å². The zero-order valence-electron chi connectivity index (χ0n) is 17.8. The fraction of sp³-hybridized carbons (Fsp3) is 0.346. The maximum absolute atomic E-state index is 11.6. The third-order valence-electron chi connectivity index (χ3n) is 6.52. The molecular weight excluding hydrogens is 372 g/mol. The summed E-state index contributed by atoms with van der Waals surface area (Å²) in [5.74, 6) is -0.141. The number of nitrogens with one attached hydrogen (secondary N) is 1. The molecule has 0 amide bonds. The number of nitrogens with zero attached hydrogens (tertiary/aromatic N) is 1. The lowest BCUT2D eigenvalue weighted by Crippen LogP contribution is -2.40. The molecule has 2 N–H and O–H groups in total. The van der Waals surface area contributed by atoms with E-state index in [4.69, 9.17) is 0 Å². The molecule has 1 saturated heterocycles. The maximum atomic E-state index is 11.6. The Morgan fingerprint density at radius 1 is 1.03 bits per heavy atom. The van der Waals surface area contributed by atoms with Gasteiger partial charge in [0.2, 0.25) is 0 Å². The molecule has 0 aliphatic carbocycles. The van der Waals surface area contributed by atoms with E-state index in [-0.39, 0.29) is 0 Å². The van der Waals surface area contributed by atoms with Crippen LogP contribution in [0.15, 0.2) is 60.7 Å². The summed E-state index contributed by atoms with van der Waals surface area (Å²) >= 11 is 0. The van der Waals surface area contributed by atoms with Crippen LogP contribution in [0.4, 0.5) is 0 Å². The number of likely N-dealkylation sites (tertiary alicyclic amines) is 1. The first kappa shape index (κ1) is 20.6. The largest absolute Gasteiger partial charge is 0.478 e. The summed E-state index contributed by atoms with van der Waals surface area (Å²) in [5.41, 5.74) is 3.79. The Hall–Kier alpha value is -2.69. The van der Waals surface area contributed by atoms with Gasteiger partial charge in [0.1, 0.15) is 0 Å². The normalized spacial score (nSPS) is 16.6. The summed E-state index contributed by atoms with van der Waals surface area (Å²) in [7, 11) is 2.20. The highest BCUT2D eigenvalue weighted by Crippen LogP contribution is 2.30. The van der Waals surface area contributed by atoms with E-state index < -0.39 is 5.97 Å². The van der Waals surface area contributed by atoms with Crippen LogP contribution in [0.3, 0.4) is 0 Å². The van der Waals surface area contributed by atoms with Crippen molar-refractivity contribution in [3.8, 4) is 11.1 Å². The second-order valence-electron chi connectivity index (χ2n) is 8.52. The zero-order chi connectivity index (χ0) is 21.1. The predicted octanol–water partition coefficient (Wildman–Crippen LogP) is 5.02. The molecule has 0 spiro atoms. The Balaban J connectivity index is 1.48. The van der Waals surface area contributed by atoms with Crippen molar-refractivity contribution in [3.05, 3.63) is 71.8 Å². The van der Waals surface area contributed by atoms with Gasteiger partial charge in [0.15, 0.2) is 0 Å². The van der Waals surface area contributed by atoms with Gasteiger partial charge in [-0.3, -0.25) is 0 Å².